The predicted octanol–water partition coefficient (Wildman–Crippen LogP) is 2.59. The number of hydrogen-bond acceptors (Lipinski definition) is 4. The monoisotopic (exact) mass is 379 g/mol. The molecule has 2 aliphatic heterocycles. The number of ether oxygens (including phenoxy) is 1. The van der Waals surface area contributed by atoms with Crippen molar-refractivity contribution < 1.29 is 14.3 Å². The van der Waals surface area contributed by atoms with E-state index in [1.54, 1.807) is 17.3 Å². The highest BCUT2D eigenvalue weighted by atomic mass is 16.5. The summed E-state index contributed by atoms with van der Waals surface area (Å²) >= 11 is 0. The van der Waals surface area contributed by atoms with Gasteiger partial charge in [-0.2, -0.15) is 0 Å². The SMILES string of the molecule is Cc1ccc(N2CC(C(=O)N3CC(COc4cccnc4)C3)CC2=O)cc1C. The highest BCUT2D eigenvalue weighted by molar-refractivity contribution is 6.00. The second-order valence-electron chi connectivity index (χ2n) is 7.78. The summed E-state index contributed by atoms with van der Waals surface area (Å²) in [6, 6.07) is 9.72. The molecule has 1 aromatic carbocycles. The van der Waals surface area contributed by atoms with Gasteiger partial charge in [0.2, 0.25) is 11.8 Å². The molecule has 28 heavy (non-hydrogen) atoms. The zero-order valence-electron chi connectivity index (χ0n) is 16.3. The van der Waals surface area contributed by atoms with Gasteiger partial charge in [-0.1, -0.05) is 6.07 Å². The Hall–Kier alpha value is -2.89. The molecule has 6 nitrogen and oxygen atoms in total. The van der Waals surface area contributed by atoms with Crippen LogP contribution in [0.1, 0.15) is 17.5 Å². The van der Waals surface area contributed by atoms with Crippen LogP contribution in [0.2, 0.25) is 0 Å². The Morgan fingerprint density at radius 2 is 2.00 bits per heavy atom. The standard InChI is InChI=1S/C22H25N3O3/c1-15-5-6-19(8-16(15)2)25-13-18(9-21(25)26)22(27)24-11-17(12-24)14-28-20-4-3-7-23-10-20/h3-8,10,17-18H,9,11-14H2,1-2H3. The lowest BCUT2D eigenvalue weighted by molar-refractivity contribution is -0.142. The number of amides is 2. The van der Waals surface area contributed by atoms with E-state index in [1.807, 2.05) is 42.2 Å². The number of pyridine rings is 1. The molecule has 0 spiro atoms. The Bertz CT molecular complexity index is 878. The molecule has 6 heteroatoms. The van der Waals surface area contributed by atoms with Crippen molar-refractivity contribution in [1.82, 2.24) is 9.88 Å². The number of anilines is 1. The van der Waals surface area contributed by atoms with Gasteiger partial charge in [0.25, 0.3) is 0 Å². The minimum Gasteiger partial charge on any atom is -0.492 e. The van der Waals surface area contributed by atoms with Gasteiger partial charge < -0.3 is 14.5 Å². The summed E-state index contributed by atoms with van der Waals surface area (Å²) in [6.07, 6.45) is 3.69. The zero-order valence-corrected chi connectivity index (χ0v) is 16.3. The predicted molar refractivity (Wildman–Crippen MR) is 106 cm³/mol. The van der Waals surface area contributed by atoms with Crippen LogP contribution in [-0.2, 0) is 9.59 Å². The fourth-order valence-electron chi connectivity index (χ4n) is 3.78. The van der Waals surface area contributed by atoms with Crippen molar-refractivity contribution in [3.8, 4) is 5.75 Å². The first-order valence-electron chi connectivity index (χ1n) is 9.70. The van der Waals surface area contributed by atoms with Gasteiger partial charge in [0.15, 0.2) is 0 Å². The topological polar surface area (TPSA) is 62.7 Å². The number of hydrogen-bond donors (Lipinski definition) is 0. The van der Waals surface area contributed by atoms with Crippen LogP contribution in [0.4, 0.5) is 5.69 Å². The molecule has 2 aromatic rings. The minimum absolute atomic E-state index is 0.0265. The van der Waals surface area contributed by atoms with Crippen LogP contribution < -0.4 is 9.64 Å². The lowest BCUT2D eigenvalue weighted by Crippen LogP contribution is -2.54. The summed E-state index contributed by atoms with van der Waals surface area (Å²) < 4.78 is 5.71. The zero-order chi connectivity index (χ0) is 19.7. The van der Waals surface area contributed by atoms with Crippen LogP contribution in [0, 0.1) is 25.7 Å². The van der Waals surface area contributed by atoms with E-state index in [2.05, 4.69) is 11.9 Å². The normalized spacial score (nSPS) is 19.6. The fourth-order valence-corrected chi connectivity index (χ4v) is 3.78. The first-order chi connectivity index (χ1) is 13.5. The molecule has 2 saturated heterocycles. The Morgan fingerprint density at radius 1 is 1.18 bits per heavy atom. The molecule has 4 rings (SSSR count). The highest BCUT2D eigenvalue weighted by Gasteiger charge is 2.41. The largest absolute Gasteiger partial charge is 0.492 e. The van der Waals surface area contributed by atoms with Gasteiger partial charge in [0.05, 0.1) is 18.7 Å². The van der Waals surface area contributed by atoms with Gasteiger partial charge in [0, 0.05) is 43.9 Å². The lowest BCUT2D eigenvalue weighted by Gasteiger charge is -2.40. The van der Waals surface area contributed by atoms with Crippen LogP contribution in [0.15, 0.2) is 42.7 Å². The number of carbonyl (C=O) groups is 2. The van der Waals surface area contributed by atoms with Gasteiger partial charge in [-0.05, 0) is 49.2 Å². The van der Waals surface area contributed by atoms with Gasteiger partial charge in [-0.25, -0.2) is 0 Å². The van der Waals surface area contributed by atoms with E-state index < -0.39 is 0 Å². The van der Waals surface area contributed by atoms with E-state index in [-0.39, 0.29) is 17.7 Å². The number of benzene rings is 1. The van der Waals surface area contributed by atoms with Gasteiger partial charge in [0.1, 0.15) is 5.75 Å². The fraction of sp³-hybridized carbons (Fsp3) is 0.409. The van der Waals surface area contributed by atoms with E-state index in [0.717, 1.165) is 17.0 Å². The molecular formula is C22H25N3O3. The number of carbonyl (C=O) groups excluding carboxylic acids is 2. The van der Waals surface area contributed by atoms with E-state index in [4.69, 9.17) is 4.74 Å². The van der Waals surface area contributed by atoms with Crippen LogP contribution in [0.25, 0.3) is 0 Å². The molecule has 0 N–H and O–H groups in total. The second-order valence-corrected chi connectivity index (χ2v) is 7.78. The molecule has 2 fully saturated rings. The van der Waals surface area contributed by atoms with Crippen molar-refractivity contribution >= 4 is 17.5 Å². The second kappa shape index (κ2) is 7.62. The van der Waals surface area contributed by atoms with Crippen molar-refractivity contribution in [2.75, 3.05) is 31.1 Å². The molecular weight excluding hydrogens is 354 g/mol. The average Bonchev–Trinajstić information content (AvgIpc) is 3.05. The van der Waals surface area contributed by atoms with Crippen molar-refractivity contribution in [2.45, 2.75) is 20.3 Å². The molecule has 0 bridgehead atoms. The van der Waals surface area contributed by atoms with Crippen molar-refractivity contribution in [1.29, 1.82) is 0 Å². The van der Waals surface area contributed by atoms with Crippen LogP contribution >= 0.6 is 0 Å². The van der Waals surface area contributed by atoms with Crippen molar-refractivity contribution in [2.24, 2.45) is 11.8 Å². The summed E-state index contributed by atoms with van der Waals surface area (Å²) in [6.45, 7) is 6.51. The first kappa shape index (κ1) is 18.5. The third-order valence-corrected chi connectivity index (χ3v) is 5.67. The summed E-state index contributed by atoms with van der Waals surface area (Å²) in [7, 11) is 0. The minimum atomic E-state index is -0.255. The Morgan fingerprint density at radius 3 is 2.71 bits per heavy atom. The van der Waals surface area contributed by atoms with Crippen LogP contribution in [0.5, 0.6) is 5.75 Å². The molecule has 2 amide bonds. The maximum Gasteiger partial charge on any atom is 0.228 e. The van der Waals surface area contributed by atoms with Crippen LogP contribution in [-0.4, -0.2) is 47.9 Å². The lowest BCUT2D eigenvalue weighted by atomic mass is 9.97. The molecule has 146 valence electrons. The molecule has 1 unspecified atom stereocenters. The van der Waals surface area contributed by atoms with Gasteiger partial charge in [-0.15, -0.1) is 0 Å². The molecule has 0 saturated carbocycles. The van der Waals surface area contributed by atoms with Gasteiger partial charge >= 0.3 is 0 Å². The summed E-state index contributed by atoms with van der Waals surface area (Å²) in [4.78, 5) is 32.9. The Balaban J connectivity index is 1.29. The van der Waals surface area contributed by atoms with E-state index in [1.165, 1.54) is 5.56 Å². The van der Waals surface area contributed by atoms with Crippen molar-refractivity contribution in [3.63, 3.8) is 0 Å². The van der Waals surface area contributed by atoms with E-state index in [0.29, 0.717) is 38.6 Å². The molecule has 1 atom stereocenters. The molecule has 2 aliphatic rings. The maximum absolute atomic E-state index is 12.8. The van der Waals surface area contributed by atoms with E-state index in [9.17, 15) is 9.59 Å². The summed E-state index contributed by atoms with van der Waals surface area (Å²) in [5, 5.41) is 0. The third-order valence-electron chi connectivity index (χ3n) is 5.67. The average molecular weight is 379 g/mol. The van der Waals surface area contributed by atoms with Gasteiger partial charge in [-0.3, -0.25) is 14.6 Å². The molecule has 0 aliphatic carbocycles. The van der Waals surface area contributed by atoms with Crippen LogP contribution in [0.3, 0.4) is 0 Å². The number of rotatable bonds is 5. The van der Waals surface area contributed by atoms with E-state index >= 15 is 0 Å². The smallest absolute Gasteiger partial charge is 0.228 e. The highest BCUT2D eigenvalue weighted by Crippen LogP contribution is 2.29. The summed E-state index contributed by atoms with van der Waals surface area (Å²) in [5.41, 5.74) is 3.23. The van der Waals surface area contributed by atoms with Crippen molar-refractivity contribution in [3.05, 3.63) is 53.9 Å². The number of nitrogens with zero attached hydrogens (tertiary/aromatic N) is 3. The summed E-state index contributed by atoms with van der Waals surface area (Å²) in [5.74, 6) is 0.931. The molecule has 3 heterocycles. The molecule has 1 aromatic heterocycles. The number of aryl methyl sites for hydroxylation is 2. The number of likely N-dealkylation sites (tertiary alicyclic amines) is 1. The first-order valence-corrected chi connectivity index (χ1v) is 9.70. The molecule has 0 radical (unpaired) electrons. The number of aromatic nitrogens is 1. The Kier molecular flexibility index (Phi) is 5.03. The Labute approximate surface area is 165 Å². The quantitative estimate of drug-likeness (QED) is 0.801. The third kappa shape index (κ3) is 3.72. The maximum atomic E-state index is 12.8.